The topological polar surface area (TPSA) is 38.2 Å². The zero-order chi connectivity index (χ0) is 15.8. The number of nitrogens with zero attached hydrogens (tertiary/aromatic N) is 3. The van der Waals surface area contributed by atoms with E-state index < -0.39 is 0 Å². The lowest BCUT2D eigenvalue weighted by Gasteiger charge is -2.32. The number of hydrogen-bond acceptors (Lipinski definition) is 5. The van der Waals surface area contributed by atoms with Crippen LogP contribution in [0.4, 0.5) is 0 Å². The highest BCUT2D eigenvalue weighted by Gasteiger charge is 2.25. The highest BCUT2D eigenvalue weighted by Crippen LogP contribution is 2.37. The van der Waals surface area contributed by atoms with Gasteiger partial charge in [-0.3, -0.25) is 0 Å². The molecule has 2 heterocycles. The smallest absolute Gasteiger partial charge is 0.226 e. The van der Waals surface area contributed by atoms with E-state index in [4.69, 9.17) is 4.74 Å². The summed E-state index contributed by atoms with van der Waals surface area (Å²) in [6, 6.07) is 9.07. The van der Waals surface area contributed by atoms with E-state index in [2.05, 4.69) is 53.2 Å². The van der Waals surface area contributed by atoms with Crippen LogP contribution in [0.1, 0.15) is 25.7 Å². The van der Waals surface area contributed by atoms with Gasteiger partial charge < -0.3 is 9.64 Å². The van der Waals surface area contributed by atoms with Crippen LogP contribution in [0.25, 0.3) is 20.3 Å². The second kappa shape index (κ2) is 6.06. The molecule has 0 amide bonds. The summed E-state index contributed by atoms with van der Waals surface area (Å²) < 4.78 is 7.54. The van der Waals surface area contributed by atoms with Gasteiger partial charge in [-0.1, -0.05) is 18.2 Å². The van der Waals surface area contributed by atoms with Gasteiger partial charge in [0.1, 0.15) is 17.3 Å². The molecule has 1 saturated carbocycles. The average molecular weight is 327 g/mol. The van der Waals surface area contributed by atoms with Gasteiger partial charge in [0.25, 0.3) is 0 Å². The molecule has 120 valence electrons. The van der Waals surface area contributed by atoms with Crippen molar-refractivity contribution in [1.29, 1.82) is 0 Å². The molecule has 0 saturated heterocycles. The normalized spacial score (nSPS) is 22.0. The van der Waals surface area contributed by atoms with Gasteiger partial charge in [-0.25, -0.2) is 9.97 Å². The first-order chi connectivity index (χ1) is 11.2. The Morgan fingerprint density at radius 1 is 1.09 bits per heavy atom. The third-order valence-corrected chi connectivity index (χ3v) is 5.87. The monoisotopic (exact) mass is 327 g/mol. The standard InChI is InChI=1S/C18H21N3OS/c1-21(2)12-7-9-13(10-8-12)22-17-16-14-5-3-4-6-15(14)23-18(16)20-11-19-17/h3-6,11-13H,7-10H2,1-2H3/t12-,13-. The maximum Gasteiger partial charge on any atom is 0.226 e. The SMILES string of the molecule is CN(C)[C@H]1CC[C@H](Oc2ncnc3sc4ccccc4c23)CC1. The van der Waals surface area contributed by atoms with E-state index in [0.717, 1.165) is 28.9 Å². The van der Waals surface area contributed by atoms with Crippen LogP contribution in [0, 0.1) is 0 Å². The molecule has 0 spiro atoms. The molecule has 1 aliphatic rings. The number of aromatic nitrogens is 2. The Labute approximate surface area is 140 Å². The molecule has 4 nitrogen and oxygen atoms in total. The summed E-state index contributed by atoms with van der Waals surface area (Å²) >= 11 is 1.70. The Hall–Kier alpha value is -1.72. The zero-order valence-electron chi connectivity index (χ0n) is 13.5. The van der Waals surface area contributed by atoms with Crippen molar-refractivity contribution in [2.45, 2.75) is 37.8 Å². The third-order valence-electron chi connectivity index (χ3n) is 4.79. The Kier molecular flexibility index (Phi) is 3.91. The van der Waals surface area contributed by atoms with Gasteiger partial charge in [0.05, 0.1) is 5.39 Å². The minimum Gasteiger partial charge on any atom is -0.474 e. The maximum atomic E-state index is 6.30. The summed E-state index contributed by atoms with van der Waals surface area (Å²) in [4.78, 5) is 12.2. The summed E-state index contributed by atoms with van der Waals surface area (Å²) in [7, 11) is 4.33. The predicted octanol–water partition coefficient (Wildman–Crippen LogP) is 4.10. The molecule has 1 aliphatic carbocycles. The fraction of sp³-hybridized carbons (Fsp3) is 0.444. The third kappa shape index (κ3) is 2.79. The molecule has 0 bridgehead atoms. The van der Waals surface area contributed by atoms with Crippen molar-refractivity contribution >= 4 is 31.6 Å². The number of fused-ring (bicyclic) bond motifs is 3. The van der Waals surface area contributed by atoms with Crippen LogP contribution < -0.4 is 4.74 Å². The van der Waals surface area contributed by atoms with Crippen molar-refractivity contribution in [2.75, 3.05) is 14.1 Å². The fourth-order valence-corrected chi connectivity index (χ4v) is 4.49. The van der Waals surface area contributed by atoms with Crippen LogP contribution in [0.5, 0.6) is 5.88 Å². The van der Waals surface area contributed by atoms with Crippen molar-refractivity contribution in [2.24, 2.45) is 0 Å². The fourth-order valence-electron chi connectivity index (χ4n) is 3.46. The van der Waals surface area contributed by atoms with Crippen molar-refractivity contribution < 1.29 is 4.74 Å². The second-order valence-electron chi connectivity index (χ2n) is 6.47. The van der Waals surface area contributed by atoms with Crippen molar-refractivity contribution in [1.82, 2.24) is 14.9 Å². The largest absolute Gasteiger partial charge is 0.474 e. The quantitative estimate of drug-likeness (QED) is 0.726. The minimum absolute atomic E-state index is 0.267. The maximum absolute atomic E-state index is 6.30. The van der Waals surface area contributed by atoms with Crippen LogP contribution in [-0.4, -0.2) is 41.1 Å². The molecular weight excluding hydrogens is 306 g/mol. The average Bonchev–Trinajstić information content (AvgIpc) is 2.95. The van der Waals surface area contributed by atoms with Crippen LogP contribution in [0.15, 0.2) is 30.6 Å². The van der Waals surface area contributed by atoms with Gasteiger partial charge in [0.15, 0.2) is 0 Å². The highest BCUT2D eigenvalue weighted by molar-refractivity contribution is 7.25. The van der Waals surface area contributed by atoms with Crippen molar-refractivity contribution in [3.63, 3.8) is 0 Å². The van der Waals surface area contributed by atoms with E-state index in [0.29, 0.717) is 6.04 Å². The molecule has 4 rings (SSSR count). The molecule has 1 fully saturated rings. The minimum atomic E-state index is 0.267. The van der Waals surface area contributed by atoms with E-state index >= 15 is 0 Å². The Bertz CT molecular complexity index is 821. The van der Waals surface area contributed by atoms with Crippen LogP contribution in [-0.2, 0) is 0 Å². The predicted molar refractivity (Wildman–Crippen MR) is 95.3 cm³/mol. The van der Waals surface area contributed by atoms with E-state index in [1.165, 1.54) is 22.9 Å². The van der Waals surface area contributed by atoms with Crippen LogP contribution in [0.2, 0.25) is 0 Å². The lowest BCUT2D eigenvalue weighted by molar-refractivity contribution is 0.108. The number of benzene rings is 1. The van der Waals surface area contributed by atoms with Crippen molar-refractivity contribution in [3.8, 4) is 5.88 Å². The number of thiophene rings is 1. The summed E-state index contributed by atoms with van der Waals surface area (Å²) in [6.07, 6.45) is 6.46. The number of rotatable bonds is 3. The summed E-state index contributed by atoms with van der Waals surface area (Å²) in [6.45, 7) is 0. The Morgan fingerprint density at radius 3 is 2.65 bits per heavy atom. The van der Waals surface area contributed by atoms with Crippen LogP contribution >= 0.6 is 11.3 Å². The first-order valence-electron chi connectivity index (χ1n) is 8.17. The van der Waals surface area contributed by atoms with E-state index in [9.17, 15) is 0 Å². The molecule has 1 aromatic carbocycles. The second-order valence-corrected chi connectivity index (χ2v) is 7.50. The van der Waals surface area contributed by atoms with Crippen molar-refractivity contribution in [3.05, 3.63) is 30.6 Å². The first kappa shape index (κ1) is 14.8. The zero-order valence-corrected chi connectivity index (χ0v) is 14.3. The molecule has 0 radical (unpaired) electrons. The molecule has 23 heavy (non-hydrogen) atoms. The number of ether oxygens (including phenoxy) is 1. The van der Waals surface area contributed by atoms with E-state index in [1.54, 1.807) is 17.7 Å². The Morgan fingerprint density at radius 2 is 1.87 bits per heavy atom. The van der Waals surface area contributed by atoms with Gasteiger partial charge >= 0.3 is 0 Å². The molecule has 0 atom stereocenters. The Balaban J connectivity index is 1.62. The highest BCUT2D eigenvalue weighted by atomic mass is 32.1. The van der Waals surface area contributed by atoms with Gasteiger partial charge in [-0.2, -0.15) is 0 Å². The molecular formula is C18H21N3OS. The molecule has 3 aromatic rings. The van der Waals surface area contributed by atoms with E-state index in [1.807, 2.05) is 0 Å². The lowest BCUT2D eigenvalue weighted by Crippen LogP contribution is -2.35. The molecule has 0 unspecified atom stereocenters. The van der Waals surface area contributed by atoms with Gasteiger partial charge in [0.2, 0.25) is 5.88 Å². The van der Waals surface area contributed by atoms with Gasteiger partial charge in [0, 0.05) is 16.1 Å². The summed E-state index contributed by atoms with van der Waals surface area (Å²) in [5.74, 6) is 0.751. The van der Waals surface area contributed by atoms with Crippen LogP contribution in [0.3, 0.4) is 0 Å². The van der Waals surface area contributed by atoms with Gasteiger partial charge in [-0.05, 0) is 45.8 Å². The lowest BCUT2D eigenvalue weighted by atomic mass is 9.92. The molecule has 0 N–H and O–H groups in total. The first-order valence-corrected chi connectivity index (χ1v) is 8.99. The van der Waals surface area contributed by atoms with Gasteiger partial charge in [-0.15, -0.1) is 11.3 Å². The number of hydrogen-bond donors (Lipinski definition) is 0. The summed E-state index contributed by atoms with van der Waals surface area (Å²) in [5.41, 5.74) is 0. The molecule has 2 aromatic heterocycles. The van der Waals surface area contributed by atoms with E-state index in [-0.39, 0.29) is 6.10 Å². The summed E-state index contributed by atoms with van der Waals surface area (Å²) in [5, 5.41) is 2.27. The molecule has 0 aliphatic heterocycles. The molecule has 5 heteroatoms.